The molecule has 3 nitrogen and oxygen atoms in total. The second-order valence-corrected chi connectivity index (χ2v) is 5.05. The molecule has 0 aromatic heterocycles. The van der Waals surface area contributed by atoms with Gasteiger partial charge in [0.25, 0.3) is 0 Å². The maximum atomic E-state index is 10.4. The molecular formula is C5H13NO2S2. The van der Waals surface area contributed by atoms with Crippen LogP contribution in [0, 0.1) is 0 Å². The molecule has 0 spiro atoms. The minimum atomic E-state index is -3.22. The largest absolute Gasteiger partial charge is 0.229 e. The molecule has 0 saturated carbocycles. The average molecular weight is 183 g/mol. The fourth-order valence-corrected chi connectivity index (χ4v) is 1.87. The highest BCUT2D eigenvalue weighted by molar-refractivity contribution is 7.99. The molecule has 0 atom stereocenters. The molecule has 0 aromatic rings. The Morgan fingerprint density at radius 3 is 2.50 bits per heavy atom. The van der Waals surface area contributed by atoms with Crippen molar-refractivity contribution in [1.29, 1.82) is 0 Å². The number of thioether (sulfide) groups is 1. The molecule has 2 N–H and O–H groups in total. The Hall–Kier alpha value is 0.260. The van der Waals surface area contributed by atoms with Crippen molar-refractivity contribution >= 4 is 21.8 Å². The molecule has 62 valence electrons. The van der Waals surface area contributed by atoms with E-state index in [1.165, 1.54) is 0 Å². The van der Waals surface area contributed by atoms with Crippen LogP contribution in [0.1, 0.15) is 13.3 Å². The van der Waals surface area contributed by atoms with Crippen molar-refractivity contribution in [3.63, 3.8) is 0 Å². The Morgan fingerprint density at radius 2 is 2.10 bits per heavy atom. The number of hydrogen-bond acceptors (Lipinski definition) is 3. The summed E-state index contributed by atoms with van der Waals surface area (Å²) in [4.78, 5) is 0. The zero-order chi connectivity index (χ0) is 8.04. The Kier molecular flexibility index (Phi) is 5.11. The summed E-state index contributed by atoms with van der Waals surface area (Å²) in [6.07, 6.45) is 0.664. The van der Waals surface area contributed by atoms with E-state index >= 15 is 0 Å². The van der Waals surface area contributed by atoms with E-state index in [9.17, 15) is 8.42 Å². The third-order valence-electron chi connectivity index (χ3n) is 0.922. The van der Waals surface area contributed by atoms with Gasteiger partial charge in [-0.15, -0.1) is 0 Å². The second kappa shape index (κ2) is 4.98. The minimum Gasteiger partial charge on any atom is -0.229 e. The summed E-state index contributed by atoms with van der Waals surface area (Å²) in [5.41, 5.74) is 0. The summed E-state index contributed by atoms with van der Waals surface area (Å²) in [6, 6.07) is 0. The summed E-state index contributed by atoms with van der Waals surface area (Å²) in [7, 11) is -3.22. The smallest absolute Gasteiger partial charge is 0.209 e. The summed E-state index contributed by atoms with van der Waals surface area (Å²) in [5.74, 6) is 2.03. The number of hydrogen-bond donors (Lipinski definition) is 1. The summed E-state index contributed by atoms with van der Waals surface area (Å²) < 4.78 is 20.7. The van der Waals surface area contributed by atoms with Crippen molar-refractivity contribution in [2.45, 2.75) is 13.3 Å². The molecule has 0 aliphatic heterocycles. The highest BCUT2D eigenvalue weighted by atomic mass is 32.2. The third kappa shape index (κ3) is 8.26. The van der Waals surface area contributed by atoms with Gasteiger partial charge in [-0.2, -0.15) is 11.8 Å². The molecule has 0 saturated heterocycles. The monoisotopic (exact) mass is 183 g/mol. The molecule has 0 amide bonds. The van der Waals surface area contributed by atoms with Crippen LogP contribution in [0.25, 0.3) is 0 Å². The van der Waals surface area contributed by atoms with Crippen LogP contribution in [-0.4, -0.2) is 25.7 Å². The first-order chi connectivity index (χ1) is 4.56. The number of primary sulfonamides is 1. The van der Waals surface area contributed by atoms with Crippen LogP contribution in [-0.2, 0) is 10.0 Å². The molecule has 0 aliphatic rings. The van der Waals surface area contributed by atoms with Crippen LogP contribution >= 0.6 is 11.8 Å². The standard InChI is InChI=1S/C5H13NO2S2/c1-2-9-4-3-5-10(6,7)8/h2-5H2,1H3,(H2,6,7,8). The van der Waals surface area contributed by atoms with E-state index in [0.717, 1.165) is 11.5 Å². The Labute approximate surface area is 66.4 Å². The first kappa shape index (κ1) is 10.3. The van der Waals surface area contributed by atoms with Crippen LogP contribution in [0.15, 0.2) is 0 Å². The Morgan fingerprint density at radius 1 is 1.50 bits per heavy atom. The molecule has 0 heterocycles. The van der Waals surface area contributed by atoms with Gasteiger partial charge < -0.3 is 0 Å². The number of sulfonamides is 1. The number of rotatable bonds is 5. The quantitative estimate of drug-likeness (QED) is 0.628. The van der Waals surface area contributed by atoms with Crippen LogP contribution in [0.3, 0.4) is 0 Å². The van der Waals surface area contributed by atoms with Crippen molar-refractivity contribution < 1.29 is 8.42 Å². The number of nitrogens with two attached hydrogens (primary N) is 1. The Bertz CT molecular complexity index is 164. The minimum absolute atomic E-state index is 0.111. The molecule has 0 aliphatic carbocycles. The normalized spacial score (nSPS) is 11.8. The fraction of sp³-hybridized carbons (Fsp3) is 1.00. The average Bonchev–Trinajstić information content (AvgIpc) is 1.78. The van der Waals surface area contributed by atoms with Gasteiger partial charge in [0.2, 0.25) is 10.0 Å². The van der Waals surface area contributed by atoms with Gasteiger partial charge in [0.15, 0.2) is 0 Å². The van der Waals surface area contributed by atoms with Crippen molar-refractivity contribution in [3.8, 4) is 0 Å². The van der Waals surface area contributed by atoms with Crippen molar-refractivity contribution in [2.24, 2.45) is 5.14 Å². The highest BCUT2D eigenvalue weighted by Crippen LogP contribution is 2.01. The molecule has 5 heteroatoms. The van der Waals surface area contributed by atoms with E-state index in [1.807, 2.05) is 6.92 Å². The molecule has 0 bridgehead atoms. The van der Waals surface area contributed by atoms with E-state index in [4.69, 9.17) is 5.14 Å². The van der Waals surface area contributed by atoms with E-state index in [1.54, 1.807) is 11.8 Å². The third-order valence-corrected chi connectivity index (χ3v) is 2.76. The van der Waals surface area contributed by atoms with Gasteiger partial charge in [-0.1, -0.05) is 6.92 Å². The van der Waals surface area contributed by atoms with Crippen LogP contribution in [0.5, 0.6) is 0 Å². The SMILES string of the molecule is CCSCCCS(N)(=O)=O. The van der Waals surface area contributed by atoms with Gasteiger partial charge in [-0.25, -0.2) is 13.6 Å². The molecule has 0 radical (unpaired) electrons. The first-order valence-corrected chi connectivity index (χ1v) is 6.01. The van der Waals surface area contributed by atoms with Gasteiger partial charge >= 0.3 is 0 Å². The topological polar surface area (TPSA) is 60.2 Å². The van der Waals surface area contributed by atoms with Crippen LogP contribution in [0.4, 0.5) is 0 Å². The molecule has 0 fully saturated rings. The molecule has 0 rings (SSSR count). The zero-order valence-electron chi connectivity index (χ0n) is 6.04. The molecular weight excluding hydrogens is 170 g/mol. The highest BCUT2D eigenvalue weighted by Gasteiger charge is 2.00. The van der Waals surface area contributed by atoms with Crippen molar-refractivity contribution in [2.75, 3.05) is 17.3 Å². The lowest BCUT2D eigenvalue weighted by molar-refractivity contribution is 0.596. The lowest BCUT2D eigenvalue weighted by atomic mass is 10.6. The van der Waals surface area contributed by atoms with Gasteiger partial charge in [0.05, 0.1) is 5.75 Å². The van der Waals surface area contributed by atoms with Crippen LogP contribution < -0.4 is 5.14 Å². The summed E-state index contributed by atoms with van der Waals surface area (Å²) in [6.45, 7) is 2.04. The second-order valence-electron chi connectivity index (χ2n) is 1.92. The van der Waals surface area contributed by atoms with E-state index in [-0.39, 0.29) is 5.75 Å². The van der Waals surface area contributed by atoms with Gasteiger partial charge in [0, 0.05) is 0 Å². The lowest BCUT2D eigenvalue weighted by Crippen LogP contribution is -2.16. The van der Waals surface area contributed by atoms with Crippen molar-refractivity contribution in [3.05, 3.63) is 0 Å². The maximum absolute atomic E-state index is 10.4. The van der Waals surface area contributed by atoms with E-state index in [0.29, 0.717) is 6.42 Å². The lowest BCUT2D eigenvalue weighted by Gasteiger charge is -1.96. The predicted molar refractivity (Wildman–Crippen MR) is 45.6 cm³/mol. The van der Waals surface area contributed by atoms with E-state index in [2.05, 4.69) is 0 Å². The summed E-state index contributed by atoms with van der Waals surface area (Å²) >= 11 is 1.73. The van der Waals surface area contributed by atoms with Crippen molar-refractivity contribution in [1.82, 2.24) is 0 Å². The Balaban J connectivity index is 3.21. The van der Waals surface area contributed by atoms with Crippen LogP contribution in [0.2, 0.25) is 0 Å². The van der Waals surface area contributed by atoms with Gasteiger partial charge in [-0.05, 0) is 17.9 Å². The van der Waals surface area contributed by atoms with E-state index < -0.39 is 10.0 Å². The summed E-state index contributed by atoms with van der Waals surface area (Å²) in [5, 5.41) is 4.78. The predicted octanol–water partition coefficient (Wildman–Crippen LogP) is 0.418. The van der Waals surface area contributed by atoms with Gasteiger partial charge in [-0.3, -0.25) is 0 Å². The zero-order valence-corrected chi connectivity index (χ0v) is 7.67. The molecule has 0 unspecified atom stereocenters. The van der Waals surface area contributed by atoms with Gasteiger partial charge in [0.1, 0.15) is 0 Å². The molecule has 0 aromatic carbocycles. The first-order valence-electron chi connectivity index (χ1n) is 3.14. The fourth-order valence-electron chi connectivity index (χ4n) is 0.507. The maximum Gasteiger partial charge on any atom is 0.209 e. The molecule has 10 heavy (non-hydrogen) atoms.